The lowest BCUT2D eigenvalue weighted by molar-refractivity contribution is 0.256. The highest BCUT2D eigenvalue weighted by atomic mass is 32.2. The summed E-state index contributed by atoms with van der Waals surface area (Å²) >= 11 is 0. The number of methoxy groups -OCH3 is 3. The number of rotatable bonds is 7. The average Bonchev–Trinajstić information content (AvgIpc) is 2.59. The second-order valence-electron chi connectivity index (χ2n) is 5.10. The molecular formula is C15H19N5O6S. The summed E-state index contributed by atoms with van der Waals surface area (Å²) in [6.07, 6.45) is 0. The van der Waals surface area contributed by atoms with Crippen molar-refractivity contribution >= 4 is 27.9 Å². The van der Waals surface area contributed by atoms with Crippen LogP contribution in [0.4, 0.5) is 16.4 Å². The molecule has 2 amide bonds. The first kappa shape index (κ1) is 20.0. The van der Waals surface area contributed by atoms with E-state index in [1.165, 1.54) is 33.5 Å². The van der Waals surface area contributed by atoms with Gasteiger partial charge in [-0.15, -0.1) is 0 Å². The zero-order chi connectivity index (χ0) is 20.0. The van der Waals surface area contributed by atoms with Crippen LogP contribution in [-0.2, 0) is 10.2 Å². The van der Waals surface area contributed by atoms with Crippen molar-refractivity contribution in [1.82, 2.24) is 14.7 Å². The van der Waals surface area contributed by atoms with E-state index in [4.69, 9.17) is 14.2 Å². The van der Waals surface area contributed by atoms with E-state index in [1.54, 1.807) is 23.8 Å². The molecule has 1 aromatic carbocycles. The normalized spacial score (nSPS) is 10.7. The smallest absolute Gasteiger partial charge is 0.336 e. The summed E-state index contributed by atoms with van der Waals surface area (Å²) in [5, 5.41) is 2.22. The number of ether oxygens (including phenoxy) is 3. The number of hydrogen-bond acceptors (Lipinski definition) is 8. The molecule has 0 aliphatic heterocycles. The van der Waals surface area contributed by atoms with Gasteiger partial charge in [0, 0.05) is 17.8 Å². The van der Waals surface area contributed by atoms with Gasteiger partial charge in [0.15, 0.2) is 0 Å². The van der Waals surface area contributed by atoms with Crippen LogP contribution in [0, 0.1) is 6.92 Å². The number of aromatic nitrogens is 2. The largest absolute Gasteiger partial charge is 0.497 e. The minimum Gasteiger partial charge on any atom is -0.497 e. The van der Waals surface area contributed by atoms with Gasteiger partial charge in [0.2, 0.25) is 11.8 Å². The molecule has 146 valence electrons. The molecule has 0 aliphatic carbocycles. The number of benzene rings is 1. The molecule has 0 saturated heterocycles. The molecule has 27 heavy (non-hydrogen) atoms. The van der Waals surface area contributed by atoms with Gasteiger partial charge in [0.1, 0.15) is 11.5 Å². The van der Waals surface area contributed by atoms with Crippen LogP contribution < -0.4 is 29.0 Å². The Labute approximate surface area is 156 Å². The number of carbonyl (C=O) groups excluding carboxylic acids is 1. The van der Waals surface area contributed by atoms with Gasteiger partial charge in [-0.2, -0.15) is 13.4 Å². The summed E-state index contributed by atoms with van der Waals surface area (Å²) in [6, 6.07) is 5.01. The predicted molar refractivity (Wildman–Crippen MR) is 97.6 cm³/mol. The lowest BCUT2D eigenvalue weighted by Gasteiger charge is -2.14. The molecule has 0 radical (unpaired) electrons. The Balaban J connectivity index is 2.12. The highest BCUT2D eigenvalue weighted by Gasteiger charge is 2.18. The minimum absolute atomic E-state index is 0.0885. The van der Waals surface area contributed by atoms with E-state index < -0.39 is 16.2 Å². The third-order valence-electron chi connectivity index (χ3n) is 3.14. The van der Waals surface area contributed by atoms with E-state index in [1.807, 2.05) is 0 Å². The molecule has 0 bridgehead atoms. The van der Waals surface area contributed by atoms with Crippen molar-refractivity contribution in [3.05, 3.63) is 30.0 Å². The van der Waals surface area contributed by atoms with Crippen molar-refractivity contribution in [1.29, 1.82) is 0 Å². The number of nitrogens with one attached hydrogen (secondary N) is 3. The Morgan fingerprint density at radius 1 is 1.04 bits per heavy atom. The van der Waals surface area contributed by atoms with Crippen LogP contribution in [0.1, 0.15) is 5.69 Å². The maximum atomic E-state index is 12.2. The van der Waals surface area contributed by atoms with E-state index in [2.05, 4.69) is 20.0 Å². The number of amides is 2. The summed E-state index contributed by atoms with van der Waals surface area (Å²) in [4.78, 5) is 19.9. The third-order valence-corrected chi connectivity index (χ3v) is 4.09. The average molecular weight is 397 g/mol. The molecule has 1 heterocycles. The maximum absolute atomic E-state index is 12.2. The van der Waals surface area contributed by atoms with Crippen LogP contribution in [0.2, 0.25) is 0 Å². The first-order valence-electron chi connectivity index (χ1n) is 7.49. The monoisotopic (exact) mass is 397 g/mol. The minimum atomic E-state index is -4.27. The number of hydrogen-bond donors (Lipinski definition) is 3. The summed E-state index contributed by atoms with van der Waals surface area (Å²) in [5.41, 5.74) is 0.616. The molecule has 1 aromatic heterocycles. The van der Waals surface area contributed by atoms with Gasteiger partial charge in [0.05, 0.1) is 27.0 Å². The topological polar surface area (TPSA) is 141 Å². The molecule has 0 spiro atoms. The number of aryl methyl sites for hydroxylation is 1. The second kappa shape index (κ2) is 8.40. The zero-order valence-corrected chi connectivity index (χ0v) is 15.9. The molecule has 12 heteroatoms. The SMILES string of the molecule is COc1ccc(OC)c(NS(=O)(=O)NC(=O)Nc2nc(C)cc(OC)n2)c1. The van der Waals surface area contributed by atoms with Gasteiger partial charge in [-0.05, 0) is 19.1 Å². The Hall–Kier alpha value is -3.28. The Morgan fingerprint density at radius 2 is 1.78 bits per heavy atom. The van der Waals surface area contributed by atoms with Gasteiger partial charge in [0.25, 0.3) is 0 Å². The van der Waals surface area contributed by atoms with E-state index in [-0.39, 0.29) is 23.3 Å². The molecule has 0 aliphatic rings. The molecule has 0 fully saturated rings. The quantitative estimate of drug-likeness (QED) is 0.635. The summed E-state index contributed by atoms with van der Waals surface area (Å²) < 4.78 is 43.5. The van der Waals surface area contributed by atoms with Crippen molar-refractivity contribution in [3.8, 4) is 17.4 Å². The van der Waals surface area contributed by atoms with E-state index in [0.29, 0.717) is 11.4 Å². The van der Waals surface area contributed by atoms with Crippen LogP contribution in [0.3, 0.4) is 0 Å². The molecule has 11 nitrogen and oxygen atoms in total. The maximum Gasteiger partial charge on any atom is 0.336 e. The van der Waals surface area contributed by atoms with Gasteiger partial charge >= 0.3 is 16.2 Å². The molecule has 3 N–H and O–H groups in total. The van der Waals surface area contributed by atoms with Crippen LogP contribution in [0.5, 0.6) is 17.4 Å². The lowest BCUT2D eigenvalue weighted by atomic mass is 10.3. The molecule has 0 unspecified atom stereocenters. The predicted octanol–water partition coefficient (Wildman–Crippen LogP) is 1.29. The van der Waals surface area contributed by atoms with E-state index in [9.17, 15) is 13.2 Å². The summed E-state index contributed by atoms with van der Waals surface area (Å²) in [6.45, 7) is 1.67. The standard InChI is InChI=1S/C15H19N5O6S/c1-9-7-13(26-4)17-14(16-9)18-15(21)20-27(22,23)19-11-8-10(24-2)5-6-12(11)25-3/h5-8,19H,1-4H3,(H2,16,17,18,20,21). The van der Waals surface area contributed by atoms with E-state index in [0.717, 1.165) is 0 Å². The van der Waals surface area contributed by atoms with Crippen LogP contribution >= 0.6 is 0 Å². The number of carbonyl (C=O) groups is 1. The Bertz CT molecular complexity index is 934. The zero-order valence-electron chi connectivity index (χ0n) is 15.1. The van der Waals surface area contributed by atoms with Crippen molar-refractivity contribution in [2.75, 3.05) is 31.4 Å². The lowest BCUT2D eigenvalue weighted by Crippen LogP contribution is -2.38. The van der Waals surface area contributed by atoms with Crippen LogP contribution in [-0.4, -0.2) is 45.7 Å². The molecule has 2 aromatic rings. The van der Waals surface area contributed by atoms with Crippen molar-refractivity contribution < 1.29 is 27.4 Å². The van der Waals surface area contributed by atoms with Gasteiger partial charge in [-0.3, -0.25) is 10.0 Å². The van der Waals surface area contributed by atoms with E-state index >= 15 is 0 Å². The van der Waals surface area contributed by atoms with Crippen LogP contribution in [0.15, 0.2) is 24.3 Å². The first-order chi connectivity index (χ1) is 12.8. The van der Waals surface area contributed by atoms with Crippen molar-refractivity contribution in [3.63, 3.8) is 0 Å². The first-order valence-corrected chi connectivity index (χ1v) is 8.98. The fourth-order valence-corrected chi connectivity index (χ4v) is 2.81. The van der Waals surface area contributed by atoms with Gasteiger partial charge in [-0.1, -0.05) is 0 Å². The van der Waals surface area contributed by atoms with Crippen molar-refractivity contribution in [2.24, 2.45) is 0 Å². The highest BCUT2D eigenvalue weighted by molar-refractivity contribution is 7.91. The summed E-state index contributed by atoms with van der Waals surface area (Å²) in [5.74, 6) is 0.755. The Morgan fingerprint density at radius 3 is 2.41 bits per heavy atom. The van der Waals surface area contributed by atoms with Crippen LogP contribution in [0.25, 0.3) is 0 Å². The third kappa shape index (κ3) is 5.60. The molecule has 0 saturated carbocycles. The highest BCUT2D eigenvalue weighted by Crippen LogP contribution is 2.29. The number of nitrogens with zero attached hydrogens (tertiary/aromatic N) is 2. The second-order valence-corrected chi connectivity index (χ2v) is 6.52. The number of urea groups is 1. The fraction of sp³-hybridized carbons (Fsp3) is 0.267. The molecular weight excluding hydrogens is 378 g/mol. The van der Waals surface area contributed by atoms with Gasteiger partial charge < -0.3 is 14.2 Å². The van der Waals surface area contributed by atoms with Gasteiger partial charge in [-0.25, -0.2) is 14.5 Å². The van der Waals surface area contributed by atoms with Crippen molar-refractivity contribution in [2.45, 2.75) is 6.92 Å². The number of anilines is 2. The summed E-state index contributed by atoms with van der Waals surface area (Å²) in [7, 11) is -0.0578. The molecule has 2 rings (SSSR count). The fourth-order valence-electron chi connectivity index (χ4n) is 2.01. The Kier molecular flexibility index (Phi) is 6.23. The molecule has 0 atom stereocenters.